The predicted octanol–water partition coefficient (Wildman–Crippen LogP) is 5.66. The quantitative estimate of drug-likeness (QED) is 0.374. The fourth-order valence-electron chi connectivity index (χ4n) is 3.41. The highest BCUT2D eigenvalue weighted by Crippen LogP contribution is 2.31. The van der Waals surface area contributed by atoms with E-state index in [0.717, 1.165) is 37.5 Å². The molecule has 0 unspecified atom stereocenters. The van der Waals surface area contributed by atoms with Crippen molar-refractivity contribution in [2.75, 3.05) is 6.61 Å². The Morgan fingerprint density at radius 3 is 1.94 bits per heavy atom. The van der Waals surface area contributed by atoms with Gasteiger partial charge in [-0.15, -0.1) is 0 Å². The van der Waals surface area contributed by atoms with E-state index in [1.54, 1.807) is 6.92 Å². The highest BCUT2D eigenvalue weighted by Gasteiger charge is 2.17. The minimum atomic E-state index is -0.429. The molecule has 0 fully saturated rings. The van der Waals surface area contributed by atoms with Crippen LogP contribution in [0.3, 0.4) is 0 Å². The van der Waals surface area contributed by atoms with E-state index in [4.69, 9.17) is 14.2 Å². The second kappa shape index (κ2) is 10.6. The number of carbonyl (C=O) groups is 2. The zero-order valence-corrected chi connectivity index (χ0v) is 17.9. The zero-order chi connectivity index (χ0) is 22.2. The van der Waals surface area contributed by atoms with Crippen LogP contribution in [-0.2, 0) is 23.8 Å². The third kappa shape index (κ3) is 6.57. The van der Waals surface area contributed by atoms with Crippen molar-refractivity contribution in [3.63, 3.8) is 0 Å². The van der Waals surface area contributed by atoms with E-state index in [-0.39, 0.29) is 5.97 Å². The lowest BCUT2D eigenvalue weighted by atomic mass is 9.90. The van der Waals surface area contributed by atoms with Crippen LogP contribution in [0, 0.1) is 0 Å². The molecule has 0 atom stereocenters. The summed E-state index contributed by atoms with van der Waals surface area (Å²) in [5.41, 5.74) is 4.14. The summed E-state index contributed by atoms with van der Waals surface area (Å²) < 4.78 is 16.4. The second-order valence-electron chi connectivity index (χ2n) is 7.69. The van der Waals surface area contributed by atoms with Gasteiger partial charge in [-0.1, -0.05) is 31.4 Å². The first-order chi connectivity index (χ1) is 14.9. The van der Waals surface area contributed by atoms with E-state index < -0.39 is 5.97 Å². The number of rotatable bonds is 8. The topological polar surface area (TPSA) is 61.8 Å². The summed E-state index contributed by atoms with van der Waals surface area (Å²) in [4.78, 5) is 22.9. The number of ether oxygens (including phenoxy) is 3. The third-order valence-electron chi connectivity index (χ3n) is 5.25. The van der Waals surface area contributed by atoms with Crippen molar-refractivity contribution in [3.8, 4) is 0 Å². The molecule has 5 heteroatoms. The summed E-state index contributed by atoms with van der Waals surface area (Å²) in [7, 11) is 0. The summed E-state index contributed by atoms with van der Waals surface area (Å²) in [6.45, 7) is 9.19. The van der Waals surface area contributed by atoms with Crippen molar-refractivity contribution in [1.82, 2.24) is 0 Å². The lowest BCUT2D eigenvalue weighted by Gasteiger charge is -2.21. The van der Waals surface area contributed by atoms with E-state index in [2.05, 4.69) is 19.2 Å². The number of hydrogen-bond donors (Lipinski definition) is 0. The van der Waals surface area contributed by atoms with E-state index >= 15 is 0 Å². The van der Waals surface area contributed by atoms with Gasteiger partial charge in [-0.3, -0.25) is 0 Å². The molecule has 0 aliphatic heterocycles. The Balaban J connectivity index is 1.51. The Morgan fingerprint density at radius 1 is 0.839 bits per heavy atom. The minimum Gasteiger partial charge on any atom is -0.494 e. The maximum Gasteiger partial charge on any atom is 0.338 e. The fourth-order valence-corrected chi connectivity index (χ4v) is 3.41. The molecular weight excluding hydrogens is 392 g/mol. The van der Waals surface area contributed by atoms with Crippen molar-refractivity contribution in [2.45, 2.75) is 45.4 Å². The van der Waals surface area contributed by atoms with Gasteiger partial charge in [0, 0.05) is 30.9 Å². The number of esters is 2. The molecule has 0 aromatic heterocycles. The molecule has 31 heavy (non-hydrogen) atoms. The average Bonchev–Trinajstić information content (AvgIpc) is 2.79. The van der Waals surface area contributed by atoms with Crippen LogP contribution in [0.25, 0.3) is 0 Å². The Bertz CT molecular complexity index is 966. The molecule has 0 saturated carbocycles. The van der Waals surface area contributed by atoms with E-state index in [9.17, 15) is 9.59 Å². The van der Waals surface area contributed by atoms with Gasteiger partial charge in [0.05, 0.1) is 5.76 Å². The number of hydrogen-bond acceptors (Lipinski definition) is 5. The summed E-state index contributed by atoms with van der Waals surface area (Å²) in [6, 6.07) is 0. The molecule has 0 bridgehead atoms. The molecule has 3 rings (SSSR count). The second-order valence-corrected chi connectivity index (χ2v) is 7.69. The molecule has 0 N–H and O–H groups in total. The Labute approximate surface area is 183 Å². The van der Waals surface area contributed by atoms with Crippen molar-refractivity contribution in [3.05, 3.63) is 95.3 Å². The molecule has 3 aliphatic rings. The van der Waals surface area contributed by atoms with Crippen LogP contribution in [0.2, 0.25) is 0 Å². The van der Waals surface area contributed by atoms with Crippen LogP contribution in [-0.4, -0.2) is 18.5 Å². The van der Waals surface area contributed by atoms with Crippen LogP contribution in [0.4, 0.5) is 0 Å². The van der Waals surface area contributed by atoms with Gasteiger partial charge in [0.25, 0.3) is 0 Å². The number of allylic oxidation sites excluding steroid dienone is 11. The molecular formula is C26H28O5. The van der Waals surface area contributed by atoms with Crippen LogP contribution < -0.4 is 0 Å². The Kier molecular flexibility index (Phi) is 7.65. The first-order valence-electron chi connectivity index (χ1n) is 10.5. The maximum absolute atomic E-state index is 11.6. The predicted molar refractivity (Wildman–Crippen MR) is 119 cm³/mol. The zero-order valence-electron chi connectivity index (χ0n) is 17.9. The van der Waals surface area contributed by atoms with Gasteiger partial charge < -0.3 is 14.2 Å². The molecule has 0 saturated heterocycles. The number of carbonyl (C=O) groups excluding carboxylic acids is 2. The molecule has 5 nitrogen and oxygen atoms in total. The van der Waals surface area contributed by atoms with Gasteiger partial charge in [0.15, 0.2) is 0 Å². The molecule has 0 radical (unpaired) electrons. The summed E-state index contributed by atoms with van der Waals surface area (Å²) in [5, 5.41) is 0. The largest absolute Gasteiger partial charge is 0.494 e. The Hall–Kier alpha value is -3.34. The normalized spacial score (nSPS) is 18.2. The van der Waals surface area contributed by atoms with E-state index in [1.165, 1.54) is 16.7 Å². The SMILES string of the molecule is C=CC(=O)OC1=CC=C(COC2=CC=C(C3=CC=C(OC(=O)C(=C)C)CC3)CC2)CC1. The van der Waals surface area contributed by atoms with Crippen LogP contribution in [0.5, 0.6) is 0 Å². The van der Waals surface area contributed by atoms with Crippen molar-refractivity contribution < 1.29 is 23.8 Å². The lowest BCUT2D eigenvalue weighted by molar-refractivity contribution is -0.135. The standard InChI is InChI=1S/C26H28O5/c1-4-25(27)30-23-11-5-19(6-12-23)17-29-22-13-7-20(8-14-22)21-9-15-24(16-10-21)31-26(28)18(2)3/h4-5,7,9,11,13,15H,1-2,6,8,10,12,14,16-17H2,3H3. The smallest absolute Gasteiger partial charge is 0.338 e. The van der Waals surface area contributed by atoms with Gasteiger partial charge in [0.2, 0.25) is 0 Å². The molecule has 0 aromatic rings. The van der Waals surface area contributed by atoms with Crippen molar-refractivity contribution >= 4 is 11.9 Å². The van der Waals surface area contributed by atoms with E-state index in [1.807, 2.05) is 30.4 Å². The third-order valence-corrected chi connectivity index (χ3v) is 5.25. The maximum atomic E-state index is 11.6. The van der Waals surface area contributed by atoms with Gasteiger partial charge in [-0.2, -0.15) is 0 Å². The molecule has 0 amide bonds. The molecule has 0 heterocycles. The van der Waals surface area contributed by atoms with Crippen LogP contribution in [0.15, 0.2) is 95.3 Å². The lowest BCUT2D eigenvalue weighted by Crippen LogP contribution is -2.09. The van der Waals surface area contributed by atoms with Crippen LogP contribution in [0.1, 0.15) is 45.4 Å². The highest BCUT2D eigenvalue weighted by atomic mass is 16.5. The molecule has 0 aromatic carbocycles. The Morgan fingerprint density at radius 2 is 1.42 bits per heavy atom. The van der Waals surface area contributed by atoms with Gasteiger partial charge in [0.1, 0.15) is 18.1 Å². The monoisotopic (exact) mass is 420 g/mol. The minimum absolute atomic E-state index is 0.373. The van der Waals surface area contributed by atoms with Gasteiger partial charge in [-0.25, -0.2) is 9.59 Å². The van der Waals surface area contributed by atoms with Gasteiger partial charge >= 0.3 is 11.9 Å². The summed E-state index contributed by atoms with van der Waals surface area (Å²) in [5.74, 6) is 1.51. The van der Waals surface area contributed by atoms with Crippen LogP contribution >= 0.6 is 0 Å². The fraction of sp³-hybridized carbons (Fsp3) is 0.308. The van der Waals surface area contributed by atoms with Crippen molar-refractivity contribution in [1.29, 1.82) is 0 Å². The molecule has 0 spiro atoms. The highest BCUT2D eigenvalue weighted by molar-refractivity contribution is 5.87. The first kappa shape index (κ1) is 22.3. The molecule has 3 aliphatic carbocycles. The van der Waals surface area contributed by atoms with E-state index in [0.29, 0.717) is 36.5 Å². The molecule has 162 valence electrons. The average molecular weight is 421 g/mol. The van der Waals surface area contributed by atoms with Gasteiger partial charge in [-0.05, 0) is 61.1 Å². The van der Waals surface area contributed by atoms with Crippen molar-refractivity contribution in [2.24, 2.45) is 0 Å². The first-order valence-corrected chi connectivity index (χ1v) is 10.5. The summed E-state index contributed by atoms with van der Waals surface area (Å²) in [6.07, 6.45) is 17.8. The summed E-state index contributed by atoms with van der Waals surface area (Å²) >= 11 is 0.